The lowest BCUT2D eigenvalue weighted by Gasteiger charge is -2.13. The Balaban J connectivity index is 4.02. The fraction of sp³-hybridized carbons (Fsp3) is 1.00. The Kier molecular flexibility index (Phi) is 3.72. The van der Waals surface area contributed by atoms with Crippen molar-refractivity contribution in [3.05, 3.63) is 0 Å². The van der Waals surface area contributed by atoms with Gasteiger partial charge in [-0.2, -0.15) is 8.78 Å². The molecular formula is C2H3BrClF2O3P. The first kappa shape index (κ1) is 10.8. The molecule has 0 amide bonds. The molecule has 0 heterocycles. The van der Waals surface area contributed by atoms with Crippen molar-refractivity contribution in [2.75, 3.05) is 5.33 Å². The van der Waals surface area contributed by atoms with Gasteiger partial charge >= 0.3 is 13.1 Å². The quantitative estimate of drug-likeness (QED) is 0.625. The van der Waals surface area contributed by atoms with Crippen LogP contribution in [0.4, 0.5) is 8.78 Å². The number of alkyl halides is 3. The lowest BCUT2D eigenvalue weighted by atomic mass is 10.8. The van der Waals surface area contributed by atoms with E-state index in [-0.39, 0.29) is 0 Å². The normalized spacial score (nSPS) is 18.5. The summed E-state index contributed by atoms with van der Waals surface area (Å²) in [6.45, 7) is -4.61. The minimum Gasteiger partial charge on any atom is -0.312 e. The van der Waals surface area contributed by atoms with Crippen LogP contribution in [0.3, 0.4) is 0 Å². The Labute approximate surface area is 68.8 Å². The molecule has 0 aliphatic rings. The molecule has 0 saturated heterocycles. The zero-order chi connectivity index (χ0) is 8.41. The van der Waals surface area contributed by atoms with Crippen LogP contribution >= 0.6 is 34.1 Å². The molecule has 1 unspecified atom stereocenters. The second-order valence-corrected chi connectivity index (χ2v) is 4.24. The van der Waals surface area contributed by atoms with Crippen LogP contribution in [0.1, 0.15) is 0 Å². The Morgan fingerprint density at radius 2 is 2.20 bits per heavy atom. The highest BCUT2D eigenvalue weighted by Crippen LogP contribution is 2.52. The molecule has 0 aromatic heterocycles. The van der Waals surface area contributed by atoms with Crippen molar-refractivity contribution >= 4 is 34.1 Å². The van der Waals surface area contributed by atoms with Gasteiger partial charge in [-0.15, -0.1) is 0 Å². The second kappa shape index (κ2) is 3.45. The first-order valence-corrected chi connectivity index (χ1v) is 5.54. The molecule has 1 atom stereocenters. The number of hydrogen-bond donors (Lipinski definition) is 1. The molecule has 3 nitrogen and oxygen atoms in total. The molecule has 8 heteroatoms. The standard InChI is InChI=1S/C2H3BrClF2O3P/c3-1-2(5,6)9-10(4,7)8/h1H2,(H,7,8). The average Bonchev–Trinajstić information content (AvgIpc) is 1.60. The molecule has 0 radical (unpaired) electrons. The largest absolute Gasteiger partial charge is 0.426 e. The van der Waals surface area contributed by atoms with E-state index < -0.39 is 18.4 Å². The van der Waals surface area contributed by atoms with Crippen molar-refractivity contribution in [3.8, 4) is 0 Å². The third kappa shape index (κ3) is 5.56. The van der Waals surface area contributed by atoms with Crippen LogP contribution in [0.25, 0.3) is 0 Å². The lowest BCUT2D eigenvalue weighted by Crippen LogP contribution is -2.19. The van der Waals surface area contributed by atoms with Gasteiger partial charge in [0.15, 0.2) is 0 Å². The van der Waals surface area contributed by atoms with E-state index in [1.165, 1.54) is 0 Å². The van der Waals surface area contributed by atoms with Gasteiger partial charge in [-0.25, -0.2) is 9.09 Å². The fourth-order valence-corrected chi connectivity index (χ4v) is 1.18. The monoisotopic (exact) mass is 258 g/mol. The van der Waals surface area contributed by atoms with Crippen molar-refractivity contribution in [3.63, 3.8) is 0 Å². The topological polar surface area (TPSA) is 46.5 Å². The molecule has 1 N–H and O–H groups in total. The molecule has 0 aromatic carbocycles. The fourth-order valence-electron chi connectivity index (χ4n) is 0.189. The van der Waals surface area contributed by atoms with Crippen molar-refractivity contribution in [1.82, 2.24) is 0 Å². The van der Waals surface area contributed by atoms with Crippen LogP contribution in [-0.4, -0.2) is 16.3 Å². The molecule has 0 fully saturated rings. The minimum atomic E-state index is -4.61. The van der Waals surface area contributed by atoms with Gasteiger partial charge in [-0.05, 0) is 0 Å². The van der Waals surface area contributed by atoms with Crippen LogP contribution in [0, 0.1) is 0 Å². The summed E-state index contributed by atoms with van der Waals surface area (Å²) in [4.78, 5) is 8.08. The van der Waals surface area contributed by atoms with E-state index >= 15 is 0 Å². The molecule has 10 heavy (non-hydrogen) atoms. The first-order valence-electron chi connectivity index (χ1n) is 1.94. The third-order valence-electron chi connectivity index (χ3n) is 0.402. The maximum Gasteiger partial charge on any atom is 0.426 e. The first-order chi connectivity index (χ1) is 4.27. The molecular weight excluding hydrogens is 256 g/mol. The maximum atomic E-state index is 12.0. The van der Waals surface area contributed by atoms with Crippen LogP contribution in [-0.2, 0) is 9.09 Å². The maximum absolute atomic E-state index is 12.0. The van der Waals surface area contributed by atoms with E-state index in [9.17, 15) is 13.3 Å². The van der Waals surface area contributed by atoms with E-state index in [2.05, 4.69) is 31.7 Å². The summed E-state index contributed by atoms with van der Waals surface area (Å²) in [6, 6.07) is 0. The van der Waals surface area contributed by atoms with E-state index in [0.717, 1.165) is 0 Å². The van der Waals surface area contributed by atoms with Crippen molar-refractivity contribution in [1.29, 1.82) is 0 Å². The molecule has 0 saturated carbocycles. The Morgan fingerprint density at radius 3 is 2.30 bits per heavy atom. The van der Waals surface area contributed by atoms with E-state index in [1.807, 2.05) is 0 Å². The van der Waals surface area contributed by atoms with Crippen molar-refractivity contribution < 1.29 is 22.8 Å². The van der Waals surface area contributed by atoms with E-state index in [0.29, 0.717) is 0 Å². The molecule has 0 aliphatic heterocycles. The zero-order valence-corrected chi connectivity index (χ0v) is 7.67. The van der Waals surface area contributed by atoms with E-state index in [1.54, 1.807) is 0 Å². The summed E-state index contributed by atoms with van der Waals surface area (Å²) in [5, 5.41) is -0.878. The van der Waals surface area contributed by atoms with Gasteiger partial charge in [-0.1, -0.05) is 15.9 Å². The summed E-state index contributed by atoms with van der Waals surface area (Å²) in [7, 11) is 0. The van der Waals surface area contributed by atoms with Crippen LogP contribution in [0.15, 0.2) is 0 Å². The van der Waals surface area contributed by atoms with E-state index in [4.69, 9.17) is 4.89 Å². The Morgan fingerprint density at radius 1 is 1.80 bits per heavy atom. The van der Waals surface area contributed by atoms with Gasteiger partial charge < -0.3 is 4.89 Å². The van der Waals surface area contributed by atoms with Gasteiger partial charge in [0.1, 0.15) is 0 Å². The Hall–Kier alpha value is 0.780. The van der Waals surface area contributed by atoms with Crippen molar-refractivity contribution in [2.45, 2.75) is 6.11 Å². The van der Waals surface area contributed by atoms with Gasteiger partial charge in [0, 0.05) is 11.2 Å². The van der Waals surface area contributed by atoms with Crippen molar-refractivity contribution in [2.24, 2.45) is 0 Å². The second-order valence-electron chi connectivity index (χ2n) is 1.31. The summed E-state index contributed by atoms with van der Waals surface area (Å²) < 4.78 is 37.2. The predicted octanol–water partition coefficient (Wildman–Crippen LogP) is 2.33. The highest BCUT2D eigenvalue weighted by atomic mass is 79.9. The van der Waals surface area contributed by atoms with Gasteiger partial charge in [-0.3, -0.25) is 0 Å². The minimum absolute atomic E-state index is 0.878. The highest BCUT2D eigenvalue weighted by molar-refractivity contribution is 9.09. The SMILES string of the molecule is O=P(O)(Cl)OC(F)(F)CBr. The van der Waals surface area contributed by atoms with Gasteiger partial charge in [0.25, 0.3) is 0 Å². The summed E-state index contributed by atoms with van der Waals surface area (Å²) >= 11 is 6.84. The van der Waals surface area contributed by atoms with Crippen LogP contribution in [0.5, 0.6) is 0 Å². The average molecular weight is 259 g/mol. The molecule has 0 spiro atoms. The van der Waals surface area contributed by atoms with Crippen LogP contribution in [0.2, 0.25) is 0 Å². The summed E-state index contributed by atoms with van der Waals surface area (Å²) in [6.07, 6.45) is -3.70. The number of halogens is 4. The number of rotatable bonds is 3. The lowest BCUT2D eigenvalue weighted by molar-refractivity contribution is -0.155. The van der Waals surface area contributed by atoms with Crippen LogP contribution < -0.4 is 0 Å². The third-order valence-corrected chi connectivity index (χ3v) is 1.75. The summed E-state index contributed by atoms with van der Waals surface area (Å²) in [5.74, 6) is 0. The smallest absolute Gasteiger partial charge is 0.312 e. The van der Waals surface area contributed by atoms with Gasteiger partial charge in [0.05, 0.1) is 5.33 Å². The molecule has 62 valence electrons. The highest BCUT2D eigenvalue weighted by Gasteiger charge is 2.36. The summed E-state index contributed by atoms with van der Waals surface area (Å²) in [5.41, 5.74) is 0. The molecule has 0 bridgehead atoms. The number of hydrogen-bond acceptors (Lipinski definition) is 2. The molecule has 0 rings (SSSR count). The zero-order valence-electron chi connectivity index (χ0n) is 4.43. The van der Waals surface area contributed by atoms with Gasteiger partial charge in [0.2, 0.25) is 0 Å². The molecule has 0 aliphatic carbocycles. The molecule has 0 aromatic rings. The Bertz CT molecular complexity index is 159. The predicted molar refractivity (Wildman–Crippen MR) is 35.5 cm³/mol.